The fourth-order valence-corrected chi connectivity index (χ4v) is 2.30. The van der Waals surface area contributed by atoms with Crippen LogP contribution in [0.4, 0.5) is 0 Å². The lowest BCUT2D eigenvalue weighted by Crippen LogP contribution is -2.49. The van der Waals surface area contributed by atoms with E-state index in [0.29, 0.717) is 17.9 Å². The second-order valence-electron chi connectivity index (χ2n) is 5.28. The molecule has 0 aliphatic rings. The van der Waals surface area contributed by atoms with Crippen molar-refractivity contribution in [3.8, 4) is 5.75 Å². The van der Waals surface area contributed by atoms with Crippen molar-refractivity contribution in [1.82, 2.24) is 5.32 Å². The number of carboxylic acid groups (broad SMARTS) is 1. The van der Waals surface area contributed by atoms with Crippen molar-refractivity contribution in [2.45, 2.75) is 26.0 Å². The number of carbonyl (C=O) groups is 2. The third-order valence-electron chi connectivity index (χ3n) is 3.02. The van der Waals surface area contributed by atoms with Crippen molar-refractivity contribution in [3.05, 3.63) is 52.2 Å². The first-order valence-electron chi connectivity index (χ1n) is 6.69. The summed E-state index contributed by atoms with van der Waals surface area (Å²) in [5.41, 5.74) is -0.969. The molecule has 1 heterocycles. The van der Waals surface area contributed by atoms with E-state index in [2.05, 4.69) is 5.32 Å². The molecule has 0 aliphatic carbocycles. The summed E-state index contributed by atoms with van der Waals surface area (Å²) >= 11 is 1.59. The molecule has 0 bridgehead atoms. The molecule has 22 heavy (non-hydrogen) atoms. The number of thiophene rings is 1. The van der Waals surface area contributed by atoms with Crippen molar-refractivity contribution in [2.24, 2.45) is 0 Å². The summed E-state index contributed by atoms with van der Waals surface area (Å²) in [5, 5.41) is 13.5. The summed E-state index contributed by atoms with van der Waals surface area (Å²) in [7, 11) is 0. The van der Waals surface area contributed by atoms with Gasteiger partial charge in [0.1, 0.15) is 17.9 Å². The summed E-state index contributed by atoms with van der Waals surface area (Å²) in [6.45, 7) is 3.30. The molecule has 2 N–H and O–H groups in total. The number of ether oxygens (including phenoxy) is 1. The van der Waals surface area contributed by atoms with Crippen LogP contribution in [0.15, 0.2) is 41.8 Å². The molecule has 0 aliphatic heterocycles. The van der Waals surface area contributed by atoms with Gasteiger partial charge >= 0.3 is 5.97 Å². The van der Waals surface area contributed by atoms with Crippen LogP contribution in [0.25, 0.3) is 0 Å². The van der Waals surface area contributed by atoms with Gasteiger partial charge in [0.05, 0.1) is 0 Å². The molecule has 6 heteroatoms. The number of aliphatic carboxylic acids is 1. The molecule has 1 aromatic heterocycles. The lowest BCUT2D eigenvalue weighted by molar-refractivity contribution is -0.143. The van der Waals surface area contributed by atoms with Gasteiger partial charge in [0.15, 0.2) is 0 Å². The smallest absolute Gasteiger partial charge is 0.328 e. The van der Waals surface area contributed by atoms with Gasteiger partial charge in [-0.2, -0.15) is 0 Å². The second kappa shape index (κ2) is 6.62. The van der Waals surface area contributed by atoms with Gasteiger partial charge in [0.25, 0.3) is 5.91 Å². The third-order valence-corrected chi connectivity index (χ3v) is 3.87. The van der Waals surface area contributed by atoms with E-state index in [9.17, 15) is 9.59 Å². The summed E-state index contributed by atoms with van der Waals surface area (Å²) < 4.78 is 5.63. The van der Waals surface area contributed by atoms with Crippen molar-refractivity contribution in [1.29, 1.82) is 0 Å². The van der Waals surface area contributed by atoms with Gasteiger partial charge in [0, 0.05) is 10.4 Å². The van der Waals surface area contributed by atoms with Crippen molar-refractivity contribution >= 4 is 23.2 Å². The number of carboxylic acids is 1. The summed E-state index contributed by atoms with van der Waals surface area (Å²) in [6, 6.07) is 10.6. The Hall–Kier alpha value is -2.34. The Kier molecular flexibility index (Phi) is 4.82. The Morgan fingerprint density at radius 3 is 2.68 bits per heavy atom. The fraction of sp³-hybridized carbons (Fsp3) is 0.250. The first-order valence-corrected chi connectivity index (χ1v) is 7.57. The quantitative estimate of drug-likeness (QED) is 0.858. The van der Waals surface area contributed by atoms with Gasteiger partial charge in [-0.05, 0) is 43.5 Å². The predicted octanol–water partition coefficient (Wildman–Crippen LogP) is 2.92. The molecule has 0 radical (unpaired) electrons. The van der Waals surface area contributed by atoms with Gasteiger partial charge in [-0.15, -0.1) is 11.3 Å². The van der Waals surface area contributed by atoms with E-state index in [1.807, 2.05) is 17.5 Å². The summed E-state index contributed by atoms with van der Waals surface area (Å²) in [5.74, 6) is -0.978. The molecule has 5 nitrogen and oxygen atoms in total. The molecule has 0 saturated carbocycles. The lowest BCUT2D eigenvalue weighted by Gasteiger charge is -2.21. The summed E-state index contributed by atoms with van der Waals surface area (Å²) in [6.07, 6.45) is 0. The van der Waals surface area contributed by atoms with Crippen LogP contribution in [0, 0.1) is 0 Å². The highest BCUT2D eigenvalue weighted by atomic mass is 32.1. The molecule has 0 saturated heterocycles. The van der Waals surface area contributed by atoms with Crippen LogP contribution in [0.3, 0.4) is 0 Å². The van der Waals surface area contributed by atoms with Gasteiger partial charge in [0.2, 0.25) is 0 Å². The van der Waals surface area contributed by atoms with Gasteiger partial charge in [-0.3, -0.25) is 4.79 Å². The van der Waals surface area contributed by atoms with Crippen molar-refractivity contribution < 1.29 is 19.4 Å². The normalized spacial score (nSPS) is 11.0. The molecule has 0 fully saturated rings. The maximum absolute atomic E-state index is 12.1. The summed E-state index contributed by atoms with van der Waals surface area (Å²) in [4.78, 5) is 24.3. The maximum Gasteiger partial charge on any atom is 0.328 e. The number of benzene rings is 1. The number of nitrogens with one attached hydrogen (secondary N) is 1. The molecular formula is C16H17NO4S. The third kappa shape index (κ3) is 4.08. The Balaban J connectivity index is 2.04. The van der Waals surface area contributed by atoms with E-state index in [4.69, 9.17) is 9.84 Å². The van der Waals surface area contributed by atoms with Crippen molar-refractivity contribution in [3.63, 3.8) is 0 Å². The van der Waals surface area contributed by atoms with Gasteiger partial charge < -0.3 is 15.2 Å². The first kappa shape index (κ1) is 16.0. The highest BCUT2D eigenvalue weighted by molar-refractivity contribution is 7.09. The van der Waals surface area contributed by atoms with E-state index in [1.54, 1.807) is 35.6 Å². The molecule has 2 rings (SSSR count). The van der Waals surface area contributed by atoms with Gasteiger partial charge in [-0.1, -0.05) is 12.1 Å². The SMILES string of the molecule is CC(C)(NC(=O)c1cccc(OCc2cccs2)c1)C(=O)O. The lowest BCUT2D eigenvalue weighted by atomic mass is 10.1. The number of hydrogen-bond donors (Lipinski definition) is 2. The zero-order chi connectivity index (χ0) is 16.2. The molecule has 1 aromatic carbocycles. The van der Waals surface area contributed by atoms with E-state index < -0.39 is 17.4 Å². The molecule has 2 aromatic rings. The second-order valence-corrected chi connectivity index (χ2v) is 6.31. The number of amides is 1. The molecule has 0 spiro atoms. The standard InChI is InChI=1S/C16H17NO4S/c1-16(2,15(19)20)17-14(18)11-5-3-6-12(9-11)21-10-13-7-4-8-22-13/h3-9H,10H2,1-2H3,(H,17,18)(H,19,20). The topological polar surface area (TPSA) is 75.6 Å². The minimum absolute atomic E-state index is 0.359. The van der Waals surface area contributed by atoms with Crippen LogP contribution in [0.2, 0.25) is 0 Å². The van der Waals surface area contributed by atoms with Crippen LogP contribution in [0.1, 0.15) is 29.1 Å². The zero-order valence-electron chi connectivity index (χ0n) is 12.3. The predicted molar refractivity (Wildman–Crippen MR) is 84.3 cm³/mol. The molecule has 0 atom stereocenters. The highest BCUT2D eigenvalue weighted by Gasteiger charge is 2.29. The molecule has 116 valence electrons. The molecular weight excluding hydrogens is 302 g/mol. The zero-order valence-corrected chi connectivity index (χ0v) is 13.1. The van der Waals surface area contributed by atoms with Crippen LogP contribution in [-0.2, 0) is 11.4 Å². The maximum atomic E-state index is 12.1. The minimum atomic E-state index is -1.33. The van der Waals surface area contributed by atoms with Crippen LogP contribution in [-0.4, -0.2) is 22.5 Å². The van der Waals surface area contributed by atoms with Crippen molar-refractivity contribution in [2.75, 3.05) is 0 Å². The minimum Gasteiger partial charge on any atom is -0.488 e. The Morgan fingerprint density at radius 2 is 2.05 bits per heavy atom. The Labute approximate surface area is 132 Å². The first-order chi connectivity index (χ1) is 10.4. The average Bonchev–Trinajstić information content (AvgIpc) is 2.98. The average molecular weight is 319 g/mol. The van der Waals surface area contributed by atoms with Crippen LogP contribution < -0.4 is 10.1 Å². The van der Waals surface area contributed by atoms with E-state index >= 15 is 0 Å². The largest absolute Gasteiger partial charge is 0.488 e. The van der Waals surface area contributed by atoms with Crippen LogP contribution >= 0.6 is 11.3 Å². The van der Waals surface area contributed by atoms with Crippen LogP contribution in [0.5, 0.6) is 5.75 Å². The monoisotopic (exact) mass is 319 g/mol. The Bertz CT molecular complexity index is 665. The fourth-order valence-electron chi connectivity index (χ4n) is 1.69. The number of rotatable bonds is 6. The van der Waals surface area contributed by atoms with E-state index in [-0.39, 0.29) is 0 Å². The number of hydrogen-bond acceptors (Lipinski definition) is 4. The Morgan fingerprint density at radius 1 is 1.27 bits per heavy atom. The number of carbonyl (C=O) groups excluding carboxylic acids is 1. The van der Waals surface area contributed by atoms with E-state index in [0.717, 1.165) is 4.88 Å². The van der Waals surface area contributed by atoms with Gasteiger partial charge in [-0.25, -0.2) is 4.79 Å². The molecule has 1 amide bonds. The highest BCUT2D eigenvalue weighted by Crippen LogP contribution is 2.17. The van der Waals surface area contributed by atoms with E-state index in [1.165, 1.54) is 13.8 Å². The molecule has 0 unspecified atom stereocenters.